The molecule has 0 fully saturated rings. The van der Waals surface area contributed by atoms with Crippen LogP contribution in [0.3, 0.4) is 0 Å². The normalized spacial score (nSPS) is 14.0. The standard InChI is InChI=1S/C13H19NO2S2/c1-9(15)10(2)18-8-13(16)14-11-6-4-5-7-12(11)17-3/h4-7,9-10,15H,8H2,1-3H3,(H,14,16). The van der Waals surface area contributed by atoms with Crippen molar-refractivity contribution < 1.29 is 9.90 Å². The molecule has 1 aromatic rings. The van der Waals surface area contributed by atoms with E-state index >= 15 is 0 Å². The average Bonchev–Trinajstić information content (AvgIpc) is 2.36. The van der Waals surface area contributed by atoms with Gasteiger partial charge in [0.25, 0.3) is 0 Å². The maximum Gasteiger partial charge on any atom is 0.234 e. The van der Waals surface area contributed by atoms with Gasteiger partial charge in [-0.25, -0.2) is 0 Å². The average molecular weight is 285 g/mol. The SMILES string of the molecule is CSc1ccccc1NC(=O)CSC(C)C(C)O. The second-order valence-corrected chi connectivity index (χ2v) is 6.22. The number of carbonyl (C=O) groups excluding carboxylic acids is 1. The third kappa shape index (κ3) is 4.92. The minimum Gasteiger partial charge on any atom is -0.392 e. The van der Waals surface area contributed by atoms with Crippen molar-refractivity contribution in [2.45, 2.75) is 30.1 Å². The number of aliphatic hydroxyl groups excluding tert-OH is 1. The molecule has 0 saturated heterocycles. The number of rotatable bonds is 6. The Bertz CT molecular complexity index is 396. The van der Waals surface area contributed by atoms with Crippen molar-refractivity contribution in [2.24, 2.45) is 0 Å². The molecule has 0 aliphatic heterocycles. The van der Waals surface area contributed by atoms with Gasteiger partial charge in [-0.2, -0.15) is 0 Å². The molecule has 0 bridgehead atoms. The second kappa shape index (κ2) is 7.71. The van der Waals surface area contributed by atoms with Crippen molar-refractivity contribution in [3.63, 3.8) is 0 Å². The van der Waals surface area contributed by atoms with Crippen molar-refractivity contribution in [3.05, 3.63) is 24.3 Å². The summed E-state index contributed by atoms with van der Waals surface area (Å²) in [5.41, 5.74) is 0.848. The fourth-order valence-electron chi connectivity index (χ4n) is 1.28. The lowest BCUT2D eigenvalue weighted by atomic mass is 10.3. The van der Waals surface area contributed by atoms with Gasteiger partial charge in [-0.3, -0.25) is 4.79 Å². The summed E-state index contributed by atoms with van der Waals surface area (Å²) >= 11 is 3.06. The molecule has 1 rings (SSSR count). The first-order valence-corrected chi connectivity index (χ1v) is 8.04. The van der Waals surface area contributed by atoms with Crippen molar-refractivity contribution in [3.8, 4) is 0 Å². The molecule has 2 N–H and O–H groups in total. The zero-order valence-electron chi connectivity index (χ0n) is 10.8. The number of thioether (sulfide) groups is 2. The number of anilines is 1. The number of aliphatic hydroxyl groups is 1. The summed E-state index contributed by atoms with van der Waals surface area (Å²) < 4.78 is 0. The molecule has 2 unspecified atom stereocenters. The second-order valence-electron chi connectivity index (χ2n) is 4.01. The number of amides is 1. The molecule has 3 nitrogen and oxygen atoms in total. The number of hydrogen-bond acceptors (Lipinski definition) is 4. The van der Waals surface area contributed by atoms with Crippen LogP contribution in [0.25, 0.3) is 0 Å². The van der Waals surface area contributed by atoms with E-state index in [0.29, 0.717) is 5.75 Å². The molecule has 1 aromatic carbocycles. The molecule has 1 amide bonds. The molecule has 0 saturated carbocycles. The van der Waals surface area contributed by atoms with Crippen molar-refractivity contribution in [1.29, 1.82) is 0 Å². The monoisotopic (exact) mass is 285 g/mol. The van der Waals surface area contributed by atoms with E-state index in [1.807, 2.05) is 37.4 Å². The molecule has 0 aromatic heterocycles. The Balaban J connectivity index is 2.49. The molecule has 0 spiro atoms. The third-order valence-electron chi connectivity index (χ3n) is 2.54. The van der Waals surface area contributed by atoms with Crippen molar-refractivity contribution in [1.82, 2.24) is 0 Å². The molecule has 0 heterocycles. The molecular formula is C13H19NO2S2. The first-order chi connectivity index (χ1) is 8.54. The van der Waals surface area contributed by atoms with Crippen molar-refractivity contribution in [2.75, 3.05) is 17.3 Å². The van der Waals surface area contributed by atoms with Crippen LogP contribution in [0, 0.1) is 0 Å². The molecule has 0 aliphatic rings. The summed E-state index contributed by atoms with van der Waals surface area (Å²) in [7, 11) is 0. The van der Waals surface area contributed by atoms with Gasteiger partial charge in [0.15, 0.2) is 0 Å². The Morgan fingerprint density at radius 3 is 2.67 bits per heavy atom. The van der Waals surface area contributed by atoms with Gasteiger partial charge in [0.1, 0.15) is 0 Å². The van der Waals surface area contributed by atoms with Gasteiger partial charge in [-0.05, 0) is 25.3 Å². The van der Waals surface area contributed by atoms with E-state index in [4.69, 9.17) is 0 Å². The van der Waals surface area contributed by atoms with Crippen LogP contribution in [-0.2, 0) is 4.79 Å². The summed E-state index contributed by atoms with van der Waals surface area (Å²) in [5.74, 6) is 0.323. The van der Waals surface area contributed by atoms with Gasteiger partial charge in [0.2, 0.25) is 5.91 Å². The van der Waals surface area contributed by atoms with Crippen LogP contribution in [0.15, 0.2) is 29.2 Å². The largest absolute Gasteiger partial charge is 0.392 e. The minimum atomic E-state index is -0.402. The van der Waals surface area contributed by atoms with E-state index in [2.05, 4.69) is 5.32 Å². The van der Waals surface area contributed by atoms with Gasteiger partial charge in [-0.1, -0.05) is 19.1 Å². The molecular weight excluding hydrogens is 266 g/mol. The van der Waals surface area contributed by atoms with Gasteiger partial charge in [-0.15, -0.1) is 23.5 Å². The van der Waals surface area contributed by atoms with Crippen LogP contribution in [0.5, 0.6) is 0 Å². The van der Waals surface area contributed by atoms with E-state index < -0.39 is 6.10 Å². The van der Waals surface area contributed by atoms with Gasteiger partial charge >= 0.3 is 0 Å². The van der Waals surface area contributed by atoms with Crippen molar-refractivity contribution >= 4 is 35.1 Å². The molecule has 18 heavy (non-hydrogen) atoms. The molecule has 100 valence electrons. The summed E-state index contributed by atoms with van der Waals surface area (Å²) in [6.45, 7) is 3.65. The lowest BCUT2D eigenvalue weighted by molar-refractivity contribution is -0.113. The van der Waals surface area contributed by atoms with Crippen LogP contribution < -0.4 is 5.32 Å². The predicted octanol–water partition coefficient (Wildman–Crippen LogP) is 2.85. The van der Waals surface area contributed by atoms with Gasteiger partial charge in [0.05, 0.1) is 17.5 Å². The first kappa shape index (κ1) is 15.4. The van der Waals surface area contributed by atoms with E-state index in [1.54, 1.807) is 18.7 Å². The number of nitrogens with one attached hydrogen (secondary N) is 1. The Labute approximate surface area is 117 Å². The van der Waals surface area contributed by atoms with Crippen LogP contribution in [-0.4, -0.2) is 34.4 Å². The topological polar surface area (TPSA) is 49.3 Å². The fourth-order valence-corrected chi connectivity index (χ4v) is 2.60. The maximum atomic E-state index is 11.8. The Kier molecular flexibility index (Phi) is 6.60. The number of benzene rings is 1. The summed E-state index contributed by atoms with van der Waals surface area (Å²) in [4.78, 5) is 12.8. The van der Waals surface area contributed by atoms with E-state index in [1.165, 1.54) is 11.8 Å². The highest BCUT2D eigenvalue weighted by atomic mass is 32.2. The zero-order valence-corrected chi connectivity index (χ0v) is 12.5. The summed E-state index contributed by atoms with van der Waals surface area (Å²) in [6.07, 6.45) is 1.58. The number of para-hydroxylation sites is 1. The molecule has 0 radical (unpaired) electrons. The van der Waals surface area contributed by atoms with E-state index in [-0.39, 0.29) is 11.2 Å². The lowest BCUT2D eigenvalue weighted by Gasteiger charge is -2.14. The maximum absolute atomic E-state index is 11.8. The Morgan fingerprint density at radius 1 is 1.39 bits per heavy atom. The Morgan fingerprint density at radius 2 is 2.06 bits per heavy atom. The smallest absolute Gasteiger partial charge is 0.234 e. The predicted molar refractivity (Wildman–Crippen MR) is 80.5 cm³/mol. The third-order valence-corrected chi connectivity index (χ3v) is 4.68. The summed E-state index contributed by atoms with van der Waals surface area (Å²) in [5, 5.41) is 12.3. The van der Waals surface area contributed by atoms with Gasteiger partial charge in [0, 0.05) is 10.1 Å². The quantitative estimate of drug-likeness (QED) is 0.789. The summed E-state index contributed by atoms with van der Waals surface area (Å²) in [6, 6.07) is 7.73. The minimum absolute atomic E-state index is 0.0333. The van der Waals surface area contributed by atoms with Gasteiger partial charge < -0.3 is 10.4 Å². The fraction of sp³-hybridized carbons (Fsp3) is 0.462. The molecule has 0 aliphatic carbocycles. The highest BCUT2D eigenvalue weighted by Crippen LogP contribution is 2.25. The highest BCUT2D eigenvalue weighted by molar-refractivity contribution is 8.00. The van der Waals surface area contributed by atoms with E-state index in [9.17, 15) is 9.90 Å². The molecule has 2 atom stereocenters. The lowest BCUT2D eigenvalue weighted by Crippen LogP contribution is -2.21. The number of hydrogen-bond donors (Lipinski definition) is 2. The van der Waals surface area contributed by atoms with Crippen LogP contribution in [0.4, 0.5) is 5.69 Å². The zero-order chi connectivity index (χ0) is 13.5. The molecule has 5 heteroatoms. The number of carbonyl (C=O) groups is 1. The van der Waals surface area contributed by atoms with E-state index in [0.717, 1.165) is 10.6 Å². The Hall–Kier alpha value is -0.650. The highest BCUT2D eigenvalue weighted by Gasteiger charge is 2.12. The first-order valence-electron chi connectivity index (χ1n) is 5.77. The van der Waals surface area contributed by atoms with Crippen LogP contribution >= 0.6 is 23.5 Å². The van der Waals surface area contributed by atoms with Crippen LogP contribution in [0.1, 0.15) is 13.8 Å². The van der Waals surface area contributed by atoms with Crippen LogP contribution in [0.2, 0.25) is 0 Å².